The summed E-state index contributed by atoms with van der Waals surface area (Å²) in [6, 6.07) is 1.34. The van der Waals surface area contributed by atoms with Crippen LogP contribution in [0.5, 0.6) is 0 Å². The molecule has 6 nitrogen and oxygen atoms in total. The molecule has 0 unspecified atom stereocenters. The third-order valence-corrected chi connectivity index (χ3v) is 2.40. The zero-order valence-electron chi connectivity index (χ0n) is 8.88. The molecule has 0 amide bonds. The van der Waals surface area contributed by atoms with E-state index < -0.39 is 0 Å². The molecule has 1 N–H and O–H groups in total. The Morgan fingerprint density at radius 2 is 2.00 bits per heavy atom. The summed E-state index contributed by atoms with van der Waals surface area (Å²) in [5.74, 6) is 0.900. The van der Waals surface area contributed by atoms with Crippen molar-refractivity contribution in [2.24, 2.45) is 0 Å². The molecule has 0 radical (unpaired) electrons. The molecule has 0 saturated heterocycles. The SMILES string of the molecule is Cc1nccn1CCn1ccc(=O)[nH]c1=O. The first-order valence-corrected chi connectivity index (χ1v) is 4.94. The van der Waals surface area contributed by atoms with Gasteiger partial charge in [0.05, 0.1) is 0 Å². The van der Waals surface area contributed by atoms with E-state index in [0.29, 0.717) is 13.1 Å². The highest BCUT2D eigenvalue weighted by molar-refractivity contribution is 4.89. The zero-order chi connectivity index (χ0) is 11.5. The molecule has 2 aromatic rings. The van der Waals surface area contributed by atoms with E-state index in [0.717, 1.165) is 5.82 Å². The minimum absolute atomic E-state index is 0.375. The van der Waals surface area contributed by atoms with Gasteiger partial charge in [-0.15, -0.1) is 0 Å². The quantitative estimate of drug-likeness (QED) is 0.774. The van der Waals surface area contributed by atoms with Crippen LogP contribution in [0.3, 0.4) is 0 Å². The van der Waals surface area contributed by atoms with Gasteiger partial charge < -0.3 is 4.57 Å². The summed E-state index contributed by atoms with van der Waals surface area (Å²) in [7, 11) is 0. The van der Waals surface area contributed by atoms with Crippen LogP contribution in [0.2, 0.25) is 0 Å². The van der Waals surface area contributed by atoms with E-state index in [2.05, 4.69) is 9.97 Å². The third kappa shape index (κ3) is 2.10. The maximum absolute atomic E-state index is 11.4. The lowest BCUT2D eigenvalue weighted by atomic mass is 10.5. The van der Waals surface area contributed by atoms with E-state index in [4.69, 9.17) is 0 Å². The maximum atomic E-state index is 11.4. The van der Waals surface area contributed by atoms with Crippen molar-refractivity contribution in [3.8, 4) is 0 Å². The number of aryl methyl sites for hydroxylation is 3. The first kappa shape index (κ1) is 10.4. The summed E-state index contributed by atoms with van der Waals surface area (Å²) in [5.41, 5.74) is -0.759. The predicted octanol–water partition coefficient (Wildman–Crippen LogP) is -0.258. The highest BCUT2D eigenvalue weighted by Gasteiger charge is 1.99. The topological polar surface area (TPSA) is 72.7 Å². The number of aromatic nitrogens is 4. The van der Waals surface area contributed by atoms with E-state index in [-0.39, 0.29) is 11.2 Å². The van der Waals surface area contributed by atoms with Gasteiger partial charge in [0.15, 0.2) is 0 Å². The highest BCUT2D eigenvalue weighted by Crippen LogP contribution is 1.95. The number of hydrogen-bond donors (Lipinski definition) is 1. The summed E-state index contributed by atoms with van der Waals surface area (Å²) >= 11 is 0. The number of aromatic amines is 1. The Morgan fingerprint density at radius 3 is 2.62 bits per heavy atom. The van der Waals surface area contributed by atoms with Gasteiger partial charge in [0.1, 0.15) is 5.82 Å². The molecule has 0 aliphatic rings. The lowest BCUT2D eigenvalue weighted by Crippen LogP contribution is -2.29. The summed E-state index contributed by atoms with van der Waals surface area (Å²) < 4.78 is 3.40. The molecule has 0 spiro atoms. The van der Waals surface area contributed by atoms with Crippen LogP contribution in [-0.4, -0.2) is 19.1 Å². The largest absolute Gasteiger partial charge is 0.333 e. The van der Waals surface area contributed by atoms with Gasteiger partial charge in [0, 0.05) is 37.7 Å². The molecular formula is C10H12N4O2. The molecule has 16 heavy (non-hydrogen) atoms. The van der Waals surface area contributed by atoms with Crippen molar-refractivity contribution in [3.05, 3.63) is 51.3 Å². The van der Waals surface area contributed by atoms with Crippen molar-refractivity contribution >= 4 is 0 Å². The predicted molar refractivity (Wildman–Crippen MR) is 58.3 cm³/mol. The Labute approximate surface area is 91.2 Å². The number of nitrogens with one attached hydrogen (secondary N) is 1. The third-order valence-electron chi connectivity index (χ3n) is 2.40. The molecule has 0 aliphatic carbocycles. The lowest BCUT2D eigenvalue weighted by Gasteiger charge is -2.06. The summed E-state index contributed by atoms with van der Waals surface area (Å²) in [6.07, 6.45) is 5.06. The van der Waals surface area contributed by atoms with Gasteiger partial charge in [-0.3, -0.25) is 14.3 Å². The van der Waals surface area contributed by atoms with E-state index in [9.17, 15) is 9.59 Å². The van der Waals surface area contributed by atoms with E-state index in [1.54, 1.807) is 6.20 Å². The normalized spacial score (nSPS) is 10.6. The van der Waals surface area contributed by atoms with Gasteiger partial charge >= 0.3 is 5.69 Å². The van der Waals surface area contributed by atoms with Crippen molar-refractivity contribution < 1.29 is 0 Å². The van der Waals surface area contributed by atoms with Crippen molar-refractivity contribution in [3.63, 3.8) is 0 Å². The zero-order valence-corrected chi connectivity index (χ0v) is 8.88. The molecule has 2 rings (SSSR count). The summed E-state index contributed by atoms with van der Waals surface area (Å²) in [5, 5.41) is 0. The van der Waals surface area contributed by atoms with Gasteiger partial charge in [0.25, 0.3) is 5.56 Å². The minimum atomic E-state index is -0.384. The second-order valence-corrected chi connectivity index (χ2v) is 3.47. The second-order valence-electron chi connectivity index (χ2n) is 3.47. The number of rotatable bonds is 3. The van der Waals surface area contributed by atoms with Crippen molar-refractivity contribution in [2.45, 2.75) is 20.0 Å². The minimum Gasteiger partial charge on any atom is -0.333 e. The molecule has 0 fully saturated rings. The lowest BCUT2D eigenvalue weighted by molar-refractivity contribution is 0.545. The summed E-state index contributed by atoms with van der Waals surface area (Å²) in [4.78, 5) is 28.5. The fourth-order valence-corrected chi connectivity index (χ4v) is 1.48. The Kier molecular flexibility index (Phi) is 2.72. The van der Waals surface area contributed by atoms with Gasteiger partial charge in [-0.1, -0.05) is 0 Å². The Balaban J connectivity index is 2.14. The maximum Gasteiger partial charge on any atom is 0.328 e. The molecular weight excluding hydrogens is 208 g/mol. The van der Waals surface area contributed by atoms with Gasteiger partial charge in [-0.2, -0.15) is 0 Å². The van der Waals surface area contributed by atoms with Crippen LogP contribution in [-0.2, 0) is 13.1 Å². The number of hydrogen-bond acceptors (Lipinski definition) is 3. The van der Waals surface area contributed by atoms with Crippen LogP contribution >= 0.6 is 0 Å². The van der Waals surface area contributed by atoms with Crippen LogP contribution in [0.1, 0.15) is 5.82 Å². The second kappa shape index (κ2) is 4.18. The van der Waals surface area contributed by atoms with Crippen LogP contribution < -0.4 is 11.2 Å². The molecule has 0 aliphatic heterocycles. The smallest absolute Gasteiger partial charge is 0.328 e. The monoisotopic (exact) mass is 220 g/mol. The van der Waals surface area contributed by atoms with Crippen molar-refractivity contribution in [1.82, 2.24) is 19.1 Å². The summed E-state index contributed by atoms with van der Waals surface area (Å²) in [6.45, 7) is 3.06. The van der Waals surface area contributed by atoms with Crippen molar-refractivity contribution in [1.29, 1.82) is 0 Å². The molecule has 6 heteroatoms. The van der Waals surface area contributed by atoms with E-state index in [1.807, 2.05) is 17.7 Å². The first-order valence-electron chi connectivity index (χ1n) is 4.94. The average molecular weight is 220 g/mol. The van der Waals surface area contributed by atoms with Gasteiger partial charge in [-0.25, -0.2) is 9.78 Å². The van der Waals surface area contributed by atoms with Crippen LogP contribution in [0.25, 0.3) is 0 Å². The molecule has 84 valence electrons. The number of nitrogens with zero attached hydrogens (tertiary/aromatic N) is 3. The van der Waals surface area contributed by atoms with E-state index >= 15 is 0 Å². The van der Waals surface area contributed by atoms with Crippen molar-refractivity contribution in [2.75, 3.05) is 0 Å². The standard InChI is InChI=1S/C10H12N4O2/c1-8-11-3-5-13(8)6-7-14-4-2-9(15)12-10(14)16/h2-5H,6-7H2,1H3,(H,12,15,16). The van der Waals surface area contributed by atoms with Crippen LogP contribution in [0, 0.1) is 6.92 Å². The highest BCUT2D eigenvalue weighted by atomic mass is 16.2. The van der Waals surface area contributed by atoms with Crippen LogP contribution in [0.4, 0.5) is 0 Å². The fourth-order valence-electron chi connectivity index (χ4n) is 1.48. The van der Waals surface area contributed by atoms with Gasteiger partial charge in [0.2, 0.25) is 0 Å². The molecule has 0 atom stereocenters. The number of H-pyrrole nitrogens is 1. The molecule has 0 saturated carbocycles. The van der Waals surface area contributed by atoms with Crippen LogP contribution in [0.15, 0.2) is 34.2 Å². The molecule has 2 aromatic heterocycles. The fraction of sp³-hybridized carbons (Fsp3) is 0.300. The Morgan fingerprint density at radius 1 is 1.25 bits per heavy atom. The van der Waals surface area contributed by atoms with Gasteiger partial charge in [-0.05, 0) is 6.92 Å². The van der Waals surface area contributed by atoms with E-state index in [1.165, 1.54) is 16.8 Å². The average Bonchev–Trinajstić information content (AvgIpc) is 2.63. The number of imidazole rings is 1. The Bertz CT molecular complexity index is 593. The molecule has 0 bridgehead atoms. The molecule has 2 heterocycles. The first-order chi connectivity index (χ1) is 7.66. The Hall–Kier alpha value is -2.11. The molecule has 0 aromatic carbocycles.